The minimum absolute atomic E-state index is 0.385. The first-order chi connectivity index (χ1) is 9.94. The van der Waals surface area contributed by atoms with Gasteiger partial charge in [-0.1, -0.05) is 0 Å². The van der Waals surface area contributed by atoms with Gasteiger partial charge in [0.05, 0.1) is 17.3 Å². The first-order valence-electron chi connectivity index (χ1n) is 6.73. The van der Waals surface area contributed by atoms with E-state index >= 15 is 0 Å². The van der Waals surface area contributed by atoms with Crippen molar-refractivity contribution in [2.24, 2.45) is 18.1 Å². The van der Waals surface area contributed by atoms with Crippen LogP contribution in [-0.4, -0.2) is 42.8 Å². The molecule has 2 aromatic heterocycles. The van der Waals surface area contributed by atoms with Gasteiger partial charge in [0.15, 0.2) is 5.65 Å². The number of nitrogens with one attached hydrogen (secondary N) is 1. The standard InChI is InChI=1S/C12H18N6O2S/c1-17-12-10(6-15-17)11(3-4-14-12)18-7-9(8-18)2-5-16-21(13,19)20/h3-4,6,9,16H,2,5,7-8H2,1H3,(H2,13,19,20). The molecule has 1 saturated heterocycles. The largest absolute Gasteiger partial charge is 0.370 e. The van der Waals surface area contributed by atoms with Crippen molar-refractivity contribution in [3.05, 3.63) is 18.5 Å². The number of pyridine rings is 1. The summed E-state index contributed by atoms with van der Waals surface area (Å²) >= 11 is 0. The smallest absolute Gasteiger partial charge is 0.274 e. The quantitative estimate of drug-likeness (QED) is 0.781. The predicted molar refractivity (Wildman–Crippen MR) is 79.9 cm³/mol. The van der Waals surface area contributed by atoms with Crippen LogP contribution in [0.1, 0.15) is 6.42 Å². The average molecular weight is 310 g/mol. The van der Waals surface area contributed by atoms with E-state index in [1.54, 1.807) is 10.9 Å². The van der Waals surface area contributed by atoms with Crippen molar-refractivity contribution in [2.75, 3.05) is 24.5 Å². The van der Waals surface area contributed by atoms with Crippen molar-refractivity contribution in [3.8, 4) is 0 Å². The van der Waals surface area contributed by atoms with Crippen molar-refractivity contribution in [2.45, 2.75) is 6.42 Å². The van der Waals surface area contributed by atoms with Crippen molar-refractivity contribution in [3.63, 3.8) is 0 Å². The van der Waals surface area contributed by atoms with E-state index in [0.29, 0.717) is 12.5 Å². The van der Waals surface area contributed by atoms with Gasteiger partial charge in [-0.2, -0.15) is 13.5 Å². The molecule has 3 heterocycles. The number of rotatable bonds is 5. The van der Waals surface area contributed by atoms with Gasteiger partial charge in [-0.3, -0.25) is 4.68 Å². The Hall–Kier alpha value is -1.71. The average Bonchev–Trinajstić information content (AvgIpc) is 2.73. The van der Waals surface area contributed by atoms with E-state index in [9.17, 15) is 8.42 Å². The van der Waals surface area contributed by atoms with Crippen LogP contribution < -0.4 is 14.8 Å². The van der Waals surface area contributed by atoms with Crippen molar-refractivity contribution < 1.29 is 8.42 Å². The monoisotopic (exact) mass is 310 g/mol. The van der Waals surface area contributed by atoms with E-state index in [1.165, 1.54) is 0 Å². The Bertz CT molecular complexity index is 750. The minimum atomic E-state index is -3.58. The summed E-state index contributed by atoms with van der Waals surface area (Å²) in [6.45, 7) is 2.19. The second-order valence-electron chi connectivity index (χ2n) is 5.33. The molecule has 3 N–H and O–H groups in total. The first-order valence-corrected chi connectivity index (χ1v) is 8.28. The van der Waals surface area contributed by atoms with Gasteiger partial charge in [0.25, 0.3) is 10.2 Å². The van der Waals surface area contributed by atoms with Crippen LogP contribution in [0.3, 0.4) is 0 Å². The van der Waals surface area contributed by atoms with Crippen LogP contribution in [0.15, 0.2) is 18.5 Å². The van der Waals surface area contributed by atoms with Gasteiger partial charge in [-0.25, -0.2) is 14.8 Å². The number of anilines is 1. The fourth-order valence-electron chi connectivity index (χ4n) is 2.66. The van der Waals surface area contributed by atoms with Crippen molar-refractivity contribution in [1.82, 2.24) is 19.5 Å². The maximum Gasteiger partial charge on any atom is 0.274 e. The number of fused-ring (bicyclic) bond motifs is 1. The first kappa shape index (κ1) is 14.2. The lowest BCUT2D eigenvalue weighted by Gasteiger charge is -2.41. The van der Waals surface area contributed by atoms with Crippen LogP contribution in [0.5, 0.6) is 0 Å². The number of aromatic nitrogens is 3. The van der Waals surface area contributed by atoms with Crippen LogP contribution in [0.2, 0.25) is 0 Å². The molecular weight excluding hydrogens is 292 g/mol. The molecule has 0 radical (unpaired) electrons. The van der Waals surface area contributed by atoms with E-state index in [2.05, 4.69) is 19.7 Å². The zero-order chi connectivity index (χ0) is 15.0. The fourth-order valence-corrected chi connectivity index (χ4v) is 3.07. The second-order valence-corrected chi connectivity index (χ2v) is 6.71. The summed E-state index contributed by atoms with van der Waals surface area (Å²) in [7, 11) is -1.71. The summed E-state index contributed by atoms with van der Waals surface area (Å²) in [5, 5.41) is 10.2. The van der Waals surface area contributed by atoms with Crippen LogP contribution in [0.25, 0.3) is 11.0 Å². The highest BCUT2D eigenvalue weighted by Gasteiger charge is 2.28. The number of hydrogen-bond acceptors (Lipinski definition) is 5. The Morgan fingerprint density at radius 2 is 2.24 bits per heavy atom. The Balaban J connectivity index is 1.60. The van der Waals surface area contributed by atoms with E-state index in [1.807, 2.05) is 19.3 Å². The van der Waals surface area contributed by atoms with Gasteiger partial charge < -0.3 is 4.90 Å². The summed E-state index contributed by atoms with van der Waals surface area (Å²) in [6, 6.07) is 1.99. The molecule has 0 aromatic carbocycles. The SMILES string of the molecule is Cn1ncc2c(N3CC(CCNS(N)(=O)=O)C3)ccnc21. The Morgan fingerprint density at radius 1 is 1.48 bits per heavy atom. The van der Waals surface area contributed by atoms with E-state index in [0.717, 1.165) is 36.2 Å². The molecule has 0 amide bonds. The van der Waals surface area contributed by atoms with Crippen molar-refractivity contribution >= 4 is 26.9 Å². The summed E-state index contributed by atoms with van der Waals surface area (Å²) in [4.78, 5) is 6.58. The normalized spacial score (nSPS) is 16.4. The van der Waals surface area contributed by atoms with Crippen molar-refractivity contribution in [1.29, 1.82) is 0 Å². The van der Waals surface area contributed by atoms with Gasteiger partial charge in [-0.05, 0) is 18.4 Å². The molecule has 0 spiro atoms. The molecule has 1 fully saturated rings. The molecule has 9 heteroatoms. The number of hydrogen-bond donors (Lipinski definition) is 2. The highest BCUT2D eigenvalue weighted by Crippen LogP contribution is 2.31. The topological polar surface area (TPSA) is 106 Å². The summed E-state index contributed by atoms with van der Waals surface area (Å²) in [5.74, 6) is 0.471. The molecule has 21 heavy (non-hydrogen) atoms. The number of nitrogens with zero attached hydrogens (tertiary/aromatic N) is 4. The molecule has 114 valence electrons. The van der Waals surface area contributed by atoms with E-state index in [-0.39, 0.29) is 0 Å². The molecule has 1 aliphatic rings. The Morgan fingerprint density at radius 3 is 2.95 bits per heavy atom. The zero-order valence-corrected chi connectivity index (χ0v) is 12.5. The highest BCUT2D eigenvalue weighted by molar-refractivity contribution is 7.87. The number of nitrogens with two attached hydrogens (primary N) is 1. The highest BCUT2D eigenvalue weighted by atomic mass is 32.2. The summed E-state index contributed by atoms with van der Waals surface area (Å²) in [5.41, 5.74) is 2.00. The molecule has 0 aliphatic carbocycles. The minimum Gasteiger partial charge on any atom is -0.370 e. The van der Waals surface area contributed by atoms with Gasteiger partial charge in [0.2, 0.25) is 0 Å². The lowest BCUT2D eigenvalue weighted by Crippen LogP contribution is -2.48. The summed E-state index contributed by atoms with van der Waals surface area (Å²) < 4.78 is 25.7. The second kappa shape index (κ2) is 5.24. The van der Waals surface area contributed by atoms with Crippen LogP contribution >= 0.6 is 0 Å². The summed E-state index contributed by atoms with van der Waals surface area (Å²) in [6.07, 6.45) is 4.40. The Labute approximate surface area is 123 Å². The molecule has 3 rings (SSSR count). The van der Waals surface area contributed by atoms with E-state index in [4.69, 9.17) is 5.14 Å². The molecule has 0 unspecified atom stereocenters. The van der Waals surface area contributed by atoms with Crippen LogP contribution in [0, 0.1) is 5.92 Å². The predicted octanol–water partition coefficient (Wildman–Crippen LogP) is -0.412. The molecule has 2 aromatic rings. The lowest BCUT2D eigenvalue weighted by atomic mass is 9.95. The van der Waals surface area contributed by atoms with Crippen LogP contribution in [-0.2, 0) is 17.3 Å². The molecule has 1 aliphatic heterocycles. The maximum absolute atomic E-state index is 10.8. The zero-order valence-electron chi connectivity index (χ0n) is 11.7. The molecular formula is C12H18N6O2S. The molecule has 0 saturated carbocycles. The third-order valence-electron chi connectivity index (χ3n) is 3.77. The lowest BCUT2D eigenvalue weighted by molar-refractivity contribution is 0.385. The third-order valence-corrected chi connectivity index (χ3v) is 4.37. The van der Waals surface area contributed by atoms with Crippen LogP contribution in [0.4, 0.5) is 5.69 Å². The van der Waals surface area contributed by atoms with Gasteiger partial charge in [-0.15, -0.1) is 0 Å². The Kier molecular flexibility index (Phi) is 3.56. The van der Waals surface area contributed by atoms with E-state index < -0.39 is 10.2 Å². The maximum atomic E-state index is 10.8. The van der Waals surface area contributed by atoms with Gasteiger partial charge >= 0.3 is 0 Å². The molecule has 0 bridgehead atoms. The fraction of sp³-hybridized carbons (Fsp3) is 0.500. The third kappa shape index (κ3) is 2.99. The molecule has 8 nitrogen and oxygen atoms in total. The van der Waals surface area contributed by atoms with Gasteiger partial charge in [0.1, 0.15) is 0 Å². The van der Waals surface area contributed by atoms with Gasteiger partial charge in [0, 0.05) is 32.9 Å². The molecule has 0 atom stereocenters. The number of aryl methyl sites for hydroxylation is 1.